The van der Waals surface area contributed by atoms with Crippen LogP contribution in [0.25, 0.3) is 0 Å². The number of carbonyl (C=O) groups is 2. The van der Waals surface area contributed by atoms with Crippen LogP contribution in [0.5, 0.6) is 0 Å². The van der Waals surface area contributed by atoms with Crippen molar-refractivity contribution < 1.29 is 14.7 Å². The maximum Gasteiger partial charge on any atom is 0.335 e. The number of rotatable bonds is 4. The SMILES string of the molecule is NC1(CC(=O)Nc2ccc(C(=O)O)cc2Cl)CCCCC1. The van der Waals surface area contributed by atoms with Crippen LogP contribution in [0.3, 0.4) is 0 Å². The van der Waals surface area contributed by atoms with Crippen molar-refractivity contribution >= 4 is 29.2 Å². The molecule has 114 valence electrons. The van der Waals surface area contributed by atoms with Crippen LogP contribution in [0.2, 0.25) is 5.02 Å². The van der Waals surface area contributed by atoms with Crippen LogP contribution in [-0.4, -0.2) is 22.5 Å². The lowest BCUT2D eigenvalue weighted by molar-refractivity contribution is -0.117. The van der Waals surface area contributed by atoms with Crippen molar-refractivity contribution in [3.63, 3.8) is 0 Å². The first-order chi connectivity index (χ1) is 9.89. The van der Waals surface area contributed by atoms with Crippen molar-refractivity contribution in [2.75, 3.05) is 5.32 Å². The van der Waals surface area contributed by atoms with Gasteiger partial charge >= 0.3 is 5.97 Å². The predicted octanol–water partition coefficient (Wildman–Crippen LogP) is 3.03. The second-order valence-electron chi connectivity index (χ2n) is 5.65. The highest BCUT2D eigenvalue weighted by molar-refractivity contribution is 6.34. The molecule has 6 heteroatoms. The van der Waals surface area contributed by atoms with Gasteiger partial charge in [-0.1, -0.05) is 30.9 Å². The molecule has 1 aromatic carbocycles. The van der Waals surface area contributed by atoms with Gasteiger partial charge in [0.1, 0.15) is 0 Å². The van der Waals surface area contributed by atoms with Crippen LogP contribution < -0.4 is 11.1 Å². The lowest BCUT2D eigenvalue weighted by atomic mass is 9.80. The van der Waals surface area contributed by atoms with Gasteiger partial charge in [-0.05, 0) is 31.0 Å². The van der Waals surface area contributed by atoms with Gasteiger partial charge in [0.2, 0.25) is 5.91 Å². The molecule has 4 N–H and O–H groups in total. The molecule has 2 rings (SSSR count). The Hall–Kier alpha value is -1.59. The molecular formula is C15H19ClN2O3. The molecule has 0 aliphatic heterocycles. The molecule has 1 fully saturated rings. The smallest absolute Gasteiger partial charge is 0.335 e. The van der Waals surface area contributed by atoms with Gasteiger partial charge in [0.25, 0.3) is 0 Å². The minimum atomic E-state index is -1.06. The standard InChI is InChI=1S/C15H19ClN2O3/c16-11-8-10(14(20)21)4-5-12(11)18-13(19)9-15(17)6-2-1-3-7-15/h4-5,8H,1-3,6-7,9,17H2,(H,18,19)(H,20,21). The summed E-state index contributed by atoms with van der Waals surface area (Å²) in [5, 5.41) is 11.8. The Morgan fingerprint density at radius 3 is 2.52 bits per heavy atom. The Labute approximate surface area is 128 Å². The quantitative estimate of drug-likeness (QED) is 0.797. The summed E-state index contributed by atoms with van der Waals surface area (Å²) < 4.78 is 0. The van der Waals surface area contributed by atoms with E-state index < -0.39 is 11.5 Å². The molecule has 21 heavy (non-hydrogen) atoms. The summed E-state index contributed by atoms with van der Waals surface area (Å²) in [4.78, 5) is 22.9. The van der Waals surface area contributed by atoms with Gasteiger partial charge in [0.15, 0.2) is 0 Å². The van der Waals surface area contributed by atoms with Gasteiger partial charge in [0.05, 0.1) is 16.3 Å². The molecule has 1 aliphatic rings. The fourth-order valence-electron chi connectivity index (χ4n) is 2.70. The summed E-state index contributed by atoms with van der Waals surface area (Å²) in [5.74, 6) is -1.25. The number of hydrogen-bond acceptors (Lipinski definition) is 3. The zero-order valence-corrected chi connectivity index (χ0v) is 12.4. The maximum absolute atomic E-state index is 12.1. The first kappa shape index (κ1) is 15.8. The van der Waals surface area contributed by atoms with E-state index in [1.165, 1.54) is 24.6 Å². The maximum atomic E-state index is 12.1. The van der Waals surface area contributed by atoms with Gasteiger partial charge in [0, 0.05) is 12.0 Å². The molecule has 0 heterocycles. The number of carboxylic acids is 1. The molecule has 0 saturated heterocycles. The highest BCUT2D eigenvalue weighted by Crippen LogP contribution is 2.30. The van der Waals surface area contributed by atoms with Crippen molar-refractivity contribution in [2.45, 2.75) is 44.1 Å². The Kier molecular flexibility index (Phi) is 4.85. The highest BCUT2D eigenvalue weighted by Gasteiger charge is 2.30. The summed E-state index contributed by atoms with van der Waals surface area (Å²) in [6.45, 7) is 0. The average molecular weight is 311 g/mol. The fraction of sp³-hybridized carbons (Fsp3) is 0.467. The molecule has 0 radical (unpaired) electrons. The van der Waals surface area contributed by atoms with E-state index in [1.54, 1.807) is 0 Å². The molecule has 0 bridgehead atoms. The highest BCUT2D eigenvalue weighted by atomic mass is 35.5. The number of anilines is 1. The van der Waals surface area contributed by atoms with Crippen molar-refractivity contribution in [2.24, 2.45) is 5.73 Å². The van der Waals surface area contributed by atoms with E-state index in [-0.39, 0.29) is 22.9 Å². The molecule has 0 aromatic heterocycles. The van der Waals surface area contributed by atoms with Crippen LogP contribution in [0, 0.1) is 0 Å². The molecule has 0 unspecified atom stereocenters. The summed E-state index contributed by atoms with van der Waals surface area (Å²) in [6, 6.07) is 4.22. The first-order valence-electron chi connectivity index (χ1n) is 7.01. The molecular weight excluding hydrogens is 292 g/mol. The molecule has 1 aromatic rings. The number of hydrogen-bond donors (Lipinski definition) is 3. The van der Waals surface area contributed by atoms with E-state index in [0.717, 1.165) is 25.7 Å². The van der Waals surface area contributed by atoms with Gasteiger partial charge in [-0.3, -0.25) is 4.79 Å². The third-order valence-corrected chi connectivity index (χ3v) is 4.16. The molecule has 1 saturated carbocycles. The Morgan fingerprint density at radius 2 is 1.95 bits per heavy atom. The molecule has 1 aliphatic carbocycles. The van der Waals surface area contributed by atoms with E-state index in [4.69, 9.17) is 22.4 Å². The van der Waals surface area contributed by atoms with E-state index >= 15 is 0 Å². The summed E-state index contributed by atoms with van der Waals surface area (Å²) in [5.41, 5.74) is 6.30. The number of amides is 1. The molecule has 1 amide bonds. The average Bonchev–Trinajstić information content (AvgIpc) is 2.41. The normalized spacial score (nSPS) is 17.2. The van der Waals surface area contributed by atoms with Gasteiger partial charge in [-0.2, -0.15) is 0 Å². The topological polar surface area (TPSA) is 92.4 Å². The Morgan fingerprint density at radius 1 is 1.29 bits per heavy atom. The van der Waals surface area contributed by atoms with Gasteiger partial charge in [-0.15, -0.1) is 0 Å². The van der Waals surface area contributed by atoms with Crippen LogP contribution in [0.4, 0.5) is 5.69 Å². The second-order valence-corrected chi connectivity index (χ2v) is 6.05. The van der Waals surface area contributed by atoms with Crippen molar-refractivity contribution in [3.05, 3.63) is 28.8 Å². The number of aromatic carboxylic acids is 1. The van der Waals surface area contributed by atoms with E-state index in [2.05, 4.69) is 5.32 Å². The lowest BCUT2D eigenvalue weighted by Crippen LogP contribution is -2.44. The first-order valence-corrected chi connectivity index (χ1v) is 7.39. The summed E-state index contributed by atoms with van der Waals surface area (Å²) in [7, 11) is 0. The number of nitrogens with two attached hydrogens (primary N) is 1. The number of nitrogens with one attached hydrogen (secondary N) is 1. The number of halogens is 1. The summed E-state index contributed by atoms with van der Waals surface area (Å²) in [6.07, 6.45) is 5.24. The number of carbonyl (C=O) groups excluding carboxylic acids is 1. The van der Waals surface area contributed by atoms with E-state index in [1.807, 2.05) is 0 Å². The van der Waals surface area contributed by atoms with Gasteiger partial charge in [-0.25, -0.2) is 4.79 Å². The van der Waals surface area contributed by atoms with E-state index in [0.29, 0.717) is 5.69 Å². The zero-order valence-electron chi connectivity index (χ0n) is 11.7. The third-order valence-electron chi connectivity index (χ3n) is 3.85. The molecule has 0 spiro atoms. The fourth-order valence-corrected chi connectivity index (χ4v) is 2.92. The monoisotopic (exact) mass is 310 g/mol. The lowest BCUT2D eigenvalue weighted by Gasteiger charge is -2.32. The number of carboxylic acid groups (broad SMARTS) is 1. The second kappa shape index (κ2) is 6.45. The van der Waals surface area contributed by atoms with Crippen LogP contribution >= 0.6 is 11.6 Å². The predicted molar refractivity (Wildman–Crippen MR) is 81.7 cm³/mol. The van der Waals surface area contributed by atoms with Crippen molar-refractivity contribution in [1.82, 2.24) is 0 Å². The van der Waals surface area contributed by atoms with Crippen molar-refractivity contribution in [1.29, 1.82) is 0 Å². The van der Waals surface area contributed by atoms with E-state index in [9.17, 15) is 9.59 Å². The van der Waals surface area contributed by atoms with Crippen LogP contribution in [0.1, 0.15) is 48.9 Å². The zero-order chi connectivity index (χ0) is 15.5. The molecule has 0 atom stereocenters. The largest absolute Gasteiger partial charge is 0.478 e. The molecule has 5 nitrogen and oxygen atoms in total. The van der Waals surface area contributed by atoms with Gasteiger partial charge < -0.3 is 16.2 Å². The number of benzene rings is 1. The summed E-state index contributed by atoms with van der Waals surface area (Å²) >= 11 is 5.99. The Bertz CT molecular complexity index is 554. The minimum absolute atomic E-state index is 0.0839. The third kappa shape index (κ3) is 4.19. The van der Waals surface area contributed by atoms with Crippen LogP contribution in [0.15, 0.2) is 18.2 Å². The van der Waals surface area contributed by atoms with Crippen LogP contribution in [-0.2, 0) is 4.79 Å². The Balaban J connectivity index is 2.01. The van der Waals surface area contributed by atoms with Crippen molar-refractivity contribution in [3.8, 4) is 0 Å². The minimum Gasteiger partial charge on any atom is -0.478 e.